The molecule has 4 bridgehead atoms. The molecule has 0 saturated heterocycles. The first-order valence-electron chi connectivity index (χ1n) is 10.6. The highest BCUT2D eigenvalue weighted by atomic mass is 16.7. The molecule has 1 atom stereocenters. The van der Waals surface area contributed by atoms with Crippen LogP contribution in [0.25, 0.3) is 0 Å². The molecule has 0 aromatic heterocycles. The van der Waals surface area contributed by atoms with Gasteiger partial charge in [-0.2, -0.15) is 0 Å². The summed E-state index contributed by atoms with van der Waals surface area (Å²) in [6.07, 6.45) is 8.53. The molecule has 0 aliphatic heterocycles. The van der Waals surface area contributed by atoms with Crippen molar-refractivity contribution in [1.82, 2.24) is 0 Å². The lowest BCUT2D eigenvalue weighted by molar-refractivity contribution is -0.218. The number of hydrogen-bond acceptors (Lipinski definition) is 3. The molecule has 3 nitrogen and oxygen atoms in total. The molecular weight excluding hydrogens is 324 g/mol. The van der Waals surface area contributed by atoms with Crippen molar-refractivity contribution < 1.29 is 14.3 Å². The van der Waals surface area contributed by atoms with Crippen LogP contribution in [0.1, 0.15) is 93.4 Å². The number of hydrogen-bond donors (Lipinski definition) is 0. The molecule has 4 aliphatic carbocycles. The number of carbonyl (C=O) groups excluding carboxylic acids is 1. The third-order valence-electron chi connectivity index (χ3n) is 7.53. The van der Waals surface area contributed by atoms with E-state index in [0.717, 1.165) is 24.2 Å². The second-order valence-electron chi connectivity index (χ2n) is 12.1. The van der Waals surface area contributed by atoms with Gasteiger partial charge in [-0.05, 0) is 80.5 Å². The van der Waals surface area contributed by atoms with Crippen LogP contribution in [-0.2, 0) is 14.3 Å². The van der Waals surface area contributed by atoms with Gasteiger partial charge in [0.05, 0.1) is 11.0 Å². The highest BCUT2D eigenvalue weighted by Crippen LogP contribution is 2.57. The molecule has 0 N–H and O–H groups in total. The summed E-state index contributed by atoms with van der Waals surface area (Å²) in [6, 6.07) is 0. The van der Waals surface area contributed by atoms with Crippen LogP contribution in [0.3, 0.4) is 0 Å². The third kappa shape index (κ3) is 3.98. The van der Waals surface area contributed by atoms with Crippen molar-refractivity contribution in [3.63, 3.8) is 0 Å². The van der Waals surface area contributed by atoms with Gasteiger partial charge >= 0.3 is 5.97 Å². The van der Waals surface area contributed by atoms with Crippen molar-refractivity contribution in [2.45, 2.75) is 99.0 Å². The molecule has 26 heavy (non-hydrogen) atoms. The molecule has 4 aliphatic rings. The van der Waals surface area contributed by atoms with Gasteiger partial charge in [0.1, 0.15) is 0 Å². The Hall–Kier alpha value is -0.570. The molecule has 0 spiro atoms. The lowest BCUT2D eigenvalue weighted by Crippen LogP contribution is -2.52. The average molecular weight is 365 g/mol. The Labute approximate surface area is 160 Å². The van der Waals surface area contributed by atoms with E-state index >= 15 is 0 Å². The largest absolute Gasteiger partial charge is 0.438 e. The van der Waals surface area contributed by atoms with Crippen LogP contribution >= 0.6 is 0 Å². The Kier molecular flexibility index (Phi) is 5.04. The minimum atomic E-state index is -0.518. The third-order valence-corrected chi connectivity index (χ3v) is 7.53. The molecule has 4 fully saturated rings. The summed E-state index contributed by atoms with van der Waals surface area (Å²) in [4.78, 5) is 13.1. The fourth-order valence-electron chi connectivity index (χ4n) is 6.28. The molecule has 4 saturated carbocycles. The van der Waals surface area contributed by atoms with Gasteiger partial charge < -0.3 is 9.47 Å². The van der Waals surface area contributed by atoms with E-state index in [1.807, 2.05) is 0 Å². The summed E-state index contributed by atoms with van der Waals surface area (Å²) >= 11 is 0. The normalized spacial score (nSPS) is 36.0. The zero-order valence-corrected chi connectivity index (χ0v) is 18.1. The van der Waals surface area contributed by atoms with Crippen LogP contribution in [-0.4, -0.2) is 18.4 Å². The molecular formula is C23H40O3. The first-order valence-corrected chi connectivity index (χ1v) is 10.6. The highest BCUT2D eigenvalue weighted by molar-refractivity contribution is 5.77. The van der Waals surface area contributed by atoms with E-state index < -0.39 is 5.41 Å². The molecule has 1 unspecified atom stereocenters. The minimum Gasteiger partial charge on any atom is -0.438 e. The molecule has 3 heteroatoms. The van der Waals surface area contributed by atoms with E-state index in [1.54, 1.807) is 0 Å². The lowest BCUT2D eigenvalue weighted by atomic mass is 9.54. The van der Waals surface area contributed by atoms with Crippen molar-refractivity contribution in [2.75, 3.05) is 6.79 Å². The van der Waals surface area contributed by atoms with E-state index in [9.17, 15) is 4.79 Å². The first-order chi connectivity index (χ1) is 11.8. The van der Waals surface area contributed by atoms with E-state index in [4.69, 9.17) is 9.47 Å². The lowest BCUT2D eigenvalue weighted by Gasteiger charge is -2.56. The standard InChI is InChI=1S/C23H40O3/c1-20(2,3)14-22(7,21(4,5)6)19(24)25-15-26-23-11-16-8-17(12-23)10-18(9-16)13-23/h16-18H,8-15H2,1-7H3. The Morgan fingerprint density at radius 1 is 0.885 bits per heavy atom. The number of ether oxygens (including phenoxy) is 2. The first kappa shape index (κ1) is 20.2. The average Bonchev–Trinajstić information content (AvgIpc) is 2.42. The van der Waals surface area contributed by atoms with Gasteiger partial charge in [-0.15, -0.1) is 0 Å². The predicted molar refractivity (Wildman–Crippen MR) is 105 cm³/mol. The molecule has 0 aromatic carbocycles. The van der Waals surface area contributed by atoms with Crippen LogP contribution < -0.4 is 0 Å². The fraction of sp³-hybridized carbons (Fsp3) is 0.957. The van der Waals surface area contributed by atoms with Crippen LogP contribution in [0.2, 0.25) is 0 Å². The van der Waals surface area contributed by atoms with Gasteiger partial charge in [0, 0.05) is 0 Å². The molecule has 0 radical (unpaired) electrons. The van der Waals surface area contributed by atoms with Gasteiger partial charge in [0.15, 0.2) is 6.79 Å². The molecule has 0 amide bonds. The summed E-state index contributed by atoms with van der Waals surface area (Å²) in [5, 5.41) is 0. The predicted octanol–water partition coefficient (Wildman–Crippen LogP) is 5.96. The van der Waals surface area contributed by atoms with Gasteiger partial charge in [0.2, 0.25) is 0 Å². The highest BCUT2D eigenvalue weighted by Gasteiger charge is 2.52. The fourth-order valence-corrected chi connectivity index (χ4v) is 6.28. The maximum Gasteiger partial charge on any atom is 0.314 e. The van der Waals surface area contributed by atoms with E-state index in [1.165, 1.54) is 38.5 Å². The van der Waals surface area contributed by atoms with Crippen molar-refractivity contribution >= 4 is 5.97 Å². The number of rotatable bonds is 5. The Bertz CT molecular complexity index is 501. The van der Waals surface area contributed by atoms with Crippen LogP contribution in [0, 0.1) is 34.0 Å². The summed E-state index contributed by atoms with van der Waals surface area (Å²) in [5.41, 5.74) is -0.604. The zero-order valence-electron chi connectivity index (χ0n) is 18.1. The van der Waals surface area contributed by atoms with E-state index in [-0.39, 0.29) is 29.2 Å². The van der Waals surface area contributed by atoms with Crippen molar-refractivity contribution in [3.05, 3.63) is 0 Å². The quantitative estimate of drug-likeness (QED) is 0.446. The SMILES string of the molecule is CC(C)(C)CC(C)(C(=O)OCOC12CC3CC(CC(C3)C1)C2)C(C)(C)C. The maximum atomic E-state index is 13.1. The number of esters is 1. The van der Waals surface area contributed by atoms with Gasteiger partial charge in [-0.1, -0.05) is 41.5 Å². The molecule has 150 valence electrons. The van der Waals surface area contributed by atoms with E-state index in [2.05, 4.69) is 48.5 Å². The minimum absolute atomic E-state index is 0.00279. The second kappa shape index (κ2) is 6.50. The Balaban J connectivity index is 1.60. The number of carbonyl (C=O) groups is 1. The van der Waals surface area contributed by atoms with Crippen LogP contribution in [0.15, 0.2) is 0 Å². The van der Waals surface area contributed by atoms with Gasteiger partial charge in [0.25, 0.3) is 0 Å². The van der Waals surface area contributed by atoms with E-state index in [0.29, 0.717) is 0 Å². The zero-order chi connectivity index (χ0) is 19.4. The molecule has 0 heterocycles. The van der Waals surface area contributed by atoms with Crippen LogP contribution in [0.5, 0.6) is 0 Å². The summed E-state index contributed by atoms with van der Waals surface area (Å²) in [5.74, 6) is 2.43. The van der Waals surface area contributed by atoms with Crippen molar-refractivity contribution in [1.29, 1.82) is 0 Å². The smallest absolute Gasteiger partial charge is 0.314 e. The summed E-state index contributed by atoms with van der Waals surface area (Å²) in [6.45, 7) is 15.2. The topological polar surface area (TPSA) is 35.5 Å². The molecule has 0 aromatic rings. The Morgan fingerprint density at radius 3 is 1.73 bits per heavy atom. The van der Waals surface area contributed by atoms with Gasteiger partial charge in [-0.25, -0.2) is 0 Å². The summed E-state index contributed by atoms with van der Waals surface area (Å²) < 4.78 is 12.1. The maximum absolute atomic E-state index is 13.1. The second-order valence-corrected chi connectivity index (χ2v) is 12.1. The van der Waals surface area contributed by atoms with Gasteiger partial charge in [-0.3, -0.25) is 4.79 Å². The monoisotopic (exact) mass is 364 g/mol. The molecule has 4 rings (SSSR count). The van der Waals surface area contributed by atoms with Crippen molar-refractivity contribution in [3.8, 4) is 0 Å². The van der Waals surface area contributed by atoms with Crippen molar-refractivity contribution in [2.24, 2.45) is 34.0 Å². The van der Waals surface area contributed by atoms with Crippen LogP contribution in [0.4, 0.5) is 0 Å². The Morgan fingerprint density at radius 2 is 1.35 bits per heavy atom. The summed E-state index contributed by atoms with van der Waals surface area (Å²) in [7, 11) is 0.